The number of hydrogen-bond donors (Lipinski definition) is 1. The number of carbonyl (C=O) groups is 2. The van der Waals surface area contributed by atoms with Crippen LogP contribution in [-0.4, -0.2) is 36.9 Å². The summed E-state index contributed by atoms with van der Waals surface area (Å²) in [6, 6.07) is 12.6. The van der Waals surface area contributed by atoms with E-state index < -0.39 is 0 Å². The van der Waals surface area contributed by atoms with Gasteiger partial charge >= 0.3 is 0 Å². The molecule has 2 amide bonds. The van der Waals surface area contributed by atoms with E-state index in [9.17, 15) is 9.59 Å². The van der Waals surface area contributed by atoms with E-state index in [2.05, 4.69) is 21.2 Å². The van der Waals surface area contributed by atoms with Crippen molar-refractivity contribution in [1.29, 1.82) is 0 Å². The van der Waals surface area contributed by atoms with Crippen LogP contribution in [-0.2, 0) is 0 Å². The smallest absolute Gasteiger partial charge is 0.256 e. The van der Waals surface area contributed by atoms with Gasteiger partial charge in [0.15, 0.2) is 0 Å². The Morgan fingerprint density at radius 1 is 1.07 bits per heavy atom. The van der Waals surface area contributed by atoms with E-state index >= 15 is 0 Å². The van der Waals surface area contributed by atoms with Crippen LogP contribution in [0.3, 0.4) is 0 Å². The first-order valence-corrected chi connectivity index (χ1v) is 10.3. The molecule has 1 aliphatic rings. The Labute approximate surface area is 174 Å². The van der Waals surface area contributed by atoms with E-state index in [4.69, 9.17) is 4.74 Å². The molecule has 0 spiro atoms. The number of benzene rings is 2. The van der Waals surface area contributed by atoms with Crippen LogP contribution in [0.25, 0.3) is 0 Å². The van der Waals surface area contributed by atoms with E-state index in [0.29, 0.717) is 33.1 Å². The quantitative estimate of drug-likeness (QED) is 0.696. The molecule has 1 N–H and O–H groups in total. The van der Waals surface area contributed by atoms with Gasteiger partial charge < -0.3 is 15.0 Å². The van der Waals surface area contributed by atoms with E-state index in [0.717, 1.165) is 12.8 Å². The van der Waals surface area contributed by atoms with Gasteiger partial charge in [-0.3, -0.25) is 9.59 Å². The first-order valence-electron chi connectivity index (χ1n) is 9.51. The lowest BCUT2D eigenvalue weighted by atomic mass is 9.94. The summed E-state index contributed by atoms with van der Waals surface area (Å²) < 4.78 is 5.87. The maximum absolute atomic E-state index is 12.7. The second-order valence-corrected chi connectivity index (χ2v) is 7.94. The minimum atomic E-state index is -0.246. The molecule has 0 unspecified atom stereocenters. The van der Waals surface area contributed by atoms with Crippen LogP contribution in [0.2, 0.25) is 0 Å². The molecule has 1 fully saturated rings. The van der Waals surface area contributed by atoms with Gasteiger partial charge in [-0.25, -0.2) is 0 Å². The number of nitrogens with one attached hydrogen (secondary N) is 1. The number of nitrogens with zero attached hydrogens (tertiary/aromatic N) is 1. The second kappa shape index (κ2) is 9.24. The number of halogens is 1. The summed E-state index contributed by atoms with van der Waals surface area (Å²) in [6.07, 6.45) is 5.79. The van der Waals surface area contributed by atoms with Gasteiger partial charge in [-0.15, -0.1) is 0 Å². The number of rotatable bonds is 5. The summed E-state index contributed by atoms with van der Waals surface area (Å²) in [5, 5.41) is 2.86. The zero-order chi connectivity index (χ0) is 20.1. The van der Waals surface area contributed by atoms with E-state index in [1.54, 1.807) is 49.6 Å². The molecule has 0 saturated heterocycles. The zero-order valence-electron chi connectivity index (χ0n) is 16.2. The number of methoxy groups -OCH3 is 1. The molecule has 3 rings (SSSR count). The van der Waals surface area contributed by atoms with Gasteiger partial charge in [0.1, 0.15) is 5.75 Å². The molecule has 0 radical (unpaired) electrons. The minimum absolute atomic E-state index is 0.0281. The van der Waals surface area contributed by atoms with Gasteiger partial charge in [-0.2, -0.15) is 0 Å². The number of anilines is 1. The highest BCUT2D eigenvalue weighted by atomic mass is 79.9. The lowest BCUT2D eigenvalue weighted by molar-refractivity contribution is 0.0696. The fraction of sp³-hybridized carbons (Fsp3) is 0.364. The molecule has 1 saturated carbocycles. The Bertz CT molecular complexity index is 845. The van der Waals surface area contributed by atoms with Gasteiger partial charge in [0, 0.05) is 28.8 Å². The van der Waals surface area contributed by atoms with Crippen LogP contribution in [0.1, 0.15) is 52.8 Å². The lowest BCUT2D eigenvalue weighted by Gasteiger charge is -2.31. The standard InChI is InChI=1S/C22H25BrN2O3/c1-25(17-6-4-3-5-7-17)22(27)15-8-10-16(11-9-15)24-21(26)19-14-18(28-2)12-13-20(19)23/h8-14,17H,3-7H2,1-2H3,(H,24,26). The predicted molar refractivity (Wildman–Crippen MR) is 114 cm³/mol. The summed E-state index contributed by atoms with van der Waals surface area (Å²) >= 11 is 3.39. The molecule has 0 heterocycles. The SMILES string of the molecule is COc1ccc(Br)c(C(=O)Nc2ccc(C(=O)N(C)C3CCCCC3)cc2)c1. The first kappa shape index (κ1) is 20.4. The molecule has 6 heteroatoms. The molecule has 0 aliphatic heterocycles. The molecule has 28 heavy (non-hydrogen) atoms. The average Bonchev–Trinajstić information content (AvgIpc) is 2.74. The van der Waals surface area contributed by atoms with Crippen LogP contribution in [0, 0.1) is 0 Å². The maximum atomic E-state index is 12.7. The zero-order valence-corrected chi connectivity index (χ0v) is 17.8. The van der Waals surface area contributed by atoms with Crippen molar-refractivity contribution in [1.82, 2.24) is 4.90 Å². The number of carbonyl (C=O) groups excluding carboxylic acids is 2. The van der Waals surface area contributed by atoms with Crippen molar-refractivity contribution in [3.05, 3.63) is 58.1 Å². The molecule has 148 valence electrons. The fourth-order valence-electron chi connectivity index (χ4n) is 3.54. The van der Waals surface area contributed by atoms with Gasteiger partial charge in [-0.05, 0) is 71.2 Å². The second-order valence-electron chi connectivity index (χ2n) is 7.09. The average molecular weight is 445 g/mol. The monoisotopic (exact) mass is 444 g/mol. The van der Waals surface area contributed by atoms with Crippen LogP contribution in [0.5, 0.6) is 5.75 Å². The Hall–Kier alpha value is -2.34. The summed E-state index contributed by atoms with van der Waals surface area (Å²) in [4.78, 5) is 27.2. The third-order valence-electron chi connectivity index (χ3n) is 5.25. The summed E-state index contributed by atoms with van der Waals surface area (Å²) in [6.45, 7) is 0. The third kappa shape index (κ3) is 4.73. The Kier molecular flexibility index (Phi) is 6.73. The minimum Gasteiger partial charge on any atom is -0.497 e. The van der Waals surface area contributed by atoms with E-state index in [1.807, 2.05) is 11.9 Å². The van der Waals surface area contributed by atoms with Crippen molar-refractivity contribution in [3.63, 3.8) is 0 Å². The topological polar surface area (TPSA) is 58.6 Å². The number of hydrogen-bond acceptors (Lipinski definition) is 3. The fourth-order valence-corrected chi connectivity index (χ4v) is 3.96. The molecular formula is C22H25BrN2O3. The van der Waals surface area contributed by atoms with Crippen molar-refractivity contribution < 1.29 is 14.3 Å². The highest BCUT2D eigenvalue weighted by Gasteiger charge is 2.23. The first-order chi connectivity index (χ1) is 13.5. The maximum Gasteiger partial charge on any atom is 0.256 e. The van der Waals surface area contributed by atoms with Crippen molar-refractivity contribution in [2.24, 2.45) is 0 Å². The number of amides is 2. The molecule has 2 aromatic rings. The van der Waals surface area contributed by atoms with Crippen molar-refractivity contribution >= 4 is 33.4 Å². The van der Waals surface area contributed by atoms with E-state index in [1.165, 1.54) is 19.3 Å². The highest BCUT2D eigenvalue weighted by Crippen LogP contribution is 2.25. The molecule has 0 aromatic heterocycles. The van der Waals surface area contributed by atoms with E-state index in [-0.39, 0.29) is 11.8 Å². The third-order valence-corrected chi connectivity index (χ3v) is 5.94. The predicted octanol–water partition coefficient (Wildman–Crippen LogP) is 5.11. The largest absolute Gasteiger partial charge is 0.497 e. The molecule has 2 aromatic carbocycles. The number of ether oxygens (including phenoxy) is 1. The molecule has 0 bridgehead atoms. The van der Waals surface area contributed by atoms with Crippen LogP contribution in [0.15, 0.2) is 46.9 Å². The summed E-state index contributed by atoms with van der Waals surface area (Å²) in [7, 11) is 3.44. The van der Waals surface area contributed by atoms with Gasteiger partial charge in [0.05, 0.1) is 12.7 Å². The highest BCUT2D eigenvalue weighted by molar-refractivity contribution is 9.10. The van der Waals surface area contributed by atoms with Crippen molar-refractivity contribution in [2.75, 3.05) is 19.5 Å². The Balaban J connectivity index is 1.67. The Morgan fingerprint density at radius 3 is 2.39 bits per heavy atom. The summed E-state index contributed by atoms with van der Waals surface area (Å²) in [5.74, 6) is 0.393. The van der Waals surface area contributed by atoms with Gasteiger partial charge in [0.2, 0.25) is 0 Å². The molecule has 1 aliphatic carbocycles. The van der Waals surface area contributed by atoms with Crippen LogP contribution in [0.4, 0.5) is 5.69 Å². The van der Waals surface area contributed by atoms with Crippen molar-refractivity contribution in [2.45, 2.75) is 38.1 Å². The molecular weight excluding hydrogens is 420 g/mol. The van der Waals surface area contributed by atoms with Gasteiger partial charge in [-0.1, -0.05) is 19.3 Å². The Morgan fingerprint density at radius 2 is 1.75 bits per heavy atom. The van der Waals surface area contributed by atoms with Crippen molar-refractivity contribution in [3.8, 4) is 5.75 Å². The lowest BCUT2D eigenvalue weighted by Crippen LogP contribution is -2.38. The van der Waals surface area contributed by atoms with Gasteiger partial charge in [0.25, 0.3) is 11.8 Å². The molecule has 5 nitrogen and oxygen atoms in total. The van der Waals surface area contributed by atoms with Crippen LogP contribution < -0.4 is 10.1 Å². The molecule has 0 atom stereocenters. The summed E-state index contributed by atoms with van der Waals surface area (Å²) in [5.41, 5.74) is 1.75. The normalized spacial score (nSPS) is 14.4. The van der Waals surface area contributed by atoms with Crippen LogP contribution >= 0.6 is 15.9 Å².